The maximum atomic E-state index is 12.2. The average Bonchev–Trinajstić information content (AvgIpc) is 2.29. The predicted octanol–water partition coefficient (Wildman–Crippen LogP) is 1.44. The van der Waals surface area contributed by atoms with Crippen molar-refractivity contribution in [1.82, 2.24) is 10.2 Å². The summed E-state index contributed by atoms with van der Waals surface area (Å²) in [5.74, 6) is 0. The van der Waals surface area contributed by atoms with Crippen molar-refractivity contribution in [2.24, 2.45) is 0 Å². The first kappa shape index (κ1) is 10.2. The van der Waals surface area contributed by atoms with Crippen LogP contribution in [-0.4, -0.2) is 35.5 Å². The van der Waals surface area contributed by atoms with Gasteiger partial charge in [-0.05, 0) is 20.8 Å². The zero-order valence-electron chi connectivity index (χ0n) is 7.97. The Labute approximate surface area is 76.1 Å². The van der Waals surface area contributed by atoms with E-state index >= 15 is 0 Å². The van der Waals surface area contributed by atoms with Gasteiger partial charge in [-0.2, -0.15) is 0 Å². The van der Waals surface area contributed by atoms with Crippen molar-refractivity contribution in [2.45, 2.75) is 38.8 Å². The predicted molar refractivity (Wildman–Crippen MR) is 44.8 cm³/mol. The molecule has 0 aromatic heterocycles. The Balaban J connectivity index is 2.67. The smallest absolute Gasteiger partial charge is 0.318 e. The van der Waals surface area contributed by atoms with Gasteiger partial charge in [-0.3, -0.25) is 0 Å². The number of carbonyl (C=O) groups excluding carboxylic acids is 1. The fraction of sp³-hybridized carbons (Fsp3) is 0.875. The van der Waals surface area contributed by atoms with Crippen molar-refractivity contribution in [1.29, 1.82) is 0 Å². The molecule has 13 heavy (non-hydrogen) atoms. The Kier molecular flexibility index (Phi) is 2.45. The van der Waals surface area contributed by atoms with Crippen molar-refractivity contribution in [2.75, 3.05) is 6.54 Å². The highest BCUT2D eigenvalue weighted by molar-refractivity contribution is 5.77. The topological polar surface area (TPSA) is 32.3 Å². The molecule has 1 aliphatic heterocycles. The number of nitrogens with zero attached hydrogens (tertiary/aromatic N) is 1. The van der Waals surface area contributed by atoms with E-state index in [1.54, 1.807) is 0 Å². The maximum Gasteiger partial charge on any atom is 0.318 e. The van der Waals surface area contributed by atoms with E-state index in [2.05, 4.69) is 5.32 Å². The molecule has 0 radical (unpaired) electrons. The molecule has 0 aromatic rings. The molecule has 1 aliphatic rings. The maximum absolute atomic E-state index is 12.2. The molecular formula is C8H14F2N2O. The highest BCUT2D eigenvalue weighted by Crippen LogP contribution is 2.20. The van der Waals surface area contributed by atoms with Gasteiger partial charge in [0, 0.05) is 12.1 Å². The number of rotatable bonds is 1. The molecule has 1 fully saturated rings. The van der Waals surface area contributed by atoms with Crippen molar-refractivity contribution >= 4 is 6.03 Å². The molecule has 2 amide bonds. The van der Waals surface area contributed by atoms with Gasteiger partial charge in [0.25, 0.3) is 6.43 Å². The lowest BCUT2D eigenvalue weighted by Crippen LogP contribution is -2.43. The number of nitrogens with one attached hydrogen (secondary N) is 1. The first-order valence-electron chi connectivity index (χ1n) is 4.18. The molecule has 1 saturated heterocycles. The summed E-state index contributed by atoms with van der Waals surface area (Å²) in [6.45, 7) is 5.54. The zero-order chi connectivity index (χ0) is 10.2. The second-order valence-electron chi connectivity index (χ2n) is 4.17. The molecule has 76 valence electrons. The first-order valence-corrected chi connectivity index (χ1v) is 4.18. The summed E-state index contributed by atoms with van der Waals surface area (Å²) in [7, 11) is 0. The summed E-state index contributed by atoms with van der Waals surface area (Å²) in [6, 6.07) is -1.43. The minimum atomic E-state index is -2.49. The van der Waals surface area contributed by atoms with Crippen LogP contribution in [0.3, 0.4) is 0 Å². The van der Waals surface area contributed by atoms with E-state index in [0.29, 0.717) is 0 Å². The minimum absolute atomic E-state index is 0.0833. The normalized spacial score (nSPS) is 24.0. The highest BCUT2D eigenvalue weighted by Gasteiger charge is 2.39. The highest BCUT2D eigenvalue weighted by atomic mass is 19.3. The Bertz CT molecular complexity index is 213. The standard InChI is InChI=1S/C8H14F2N2O/c1-8(2,3)12-4-5(6(9)10)11-7(12)13/h5-6H,4H2,1-3H3,(H,11,13). The summed E-state index contributed by atoms with van der Waals surface area (Å²) in [4.78, 5) is 12.6. The summed E-state index contributed by atoms with van der Waals surface area (Å²) >= 11 is 0. The third kappa shape index (κ3) is 2.08. The van der Waals surface area contributed by atoms with Gasteiger partial charge in [-0.25, -0.2) is 13.6 Å². The Morgan fingerprint density at radius 2 is 2.08 bits per heavy atom. The van der Waals surface area contributed by atoms with Crippen LogP contribution in [0.15, 0.2) is 0 Å². The molecular weight excluding hydrogens is 178 g/mol. The molecule has 0 bridgehead atoms. The van der Waals surface area contributed by atoms with Gasteiger partial charge in [0.2, 0.25) is 0 Å². The van der Waals surface area contributed by atoms with Gasteiger partial charge < -0.3 is 10.2 Å². The van der Waals surface area contributed by atoms with Crippen LogP contribution in [0.5, 0.6) is 0 Å². The van der Waals surface area contributed by atoms with E-state index in [1.807, 2.05) is 20.8 Å². The molecule has 3 nitrogen and oxygen atoms in total. The van der Waals surface area contributed by atoms with E-state index in [0.717, 1.165) is 0 Å². The van der Waals surface area contributed by atoms with Gasteiger partial charge >= 0.3 is 6.03 Å². The fourth-order valence-electron chi connectivity index (χ4n) is 1.28. The minimum Gasteiger partial charge on any atom is -0.328 e. The van der Waals surface area contributed by atoms with Crippen molar-refractivity contribution in [3.8, 4) is 0 Å². The zero-order valence-corrected chi connectivity index (χ0v) is 7.97. The number of hydrogen-bond donors (Lipinski definition) is 1. The van der Waals surface area contributed by atoms with Gasteiger partial charge in [-0.15, -0.1) is 0 Å². The lowest BCUT2D eigenvalue weighted by atomic mass is 10.1. The van der Waals surface area contributed by atoms with Crippen LogP contribution in [0.4, 0.5) is 13.6 Å². The SMILES string of the molecule is CC(C)(C)N1CC(C(F)F)NC1=O. The lowest BCUT2D eigenvalue weighted by molar-refractivity contribution is 0.101. The first-order chi connectivity index (χ1) is 5.82. The second kappa shape index (κ2) is 3.12. The van der Waals surface area contributed by atoms with Crippen LogP contribution in [-0.2, 0) is 0 Å². The molecule has 5 heteroatoms. The van der Waals surface area contributed by atoms with E-state index in [4.69, 9.17) is 0 Å². The molecule has 0 aromatic carbocycles. The van der Waals surface area contributed by atoms with Crippen molar-refractivity contribution in [3.05, 3.63) is 0 Å². The summed E-state index contributed by atoms with van der Waals surface area (Å²) < 4.78 is 24.5. The number of amides is 2. The van der Waals surface area contributed by atoms with Gasteiger partial charge in [-0.1, -0.05) is 0 Å². The number of alkyl halides is 2. The quantitative estimate of drug-likeness (QED) is 0.670. The Morgan fingerprint density at radius 3 is 2.31 bits per heavy atom. The van der Waals surface area contributed by atoms with Gasteiger partial charge in [0.1, 0.15) is 6.04 Å². The average molecular weight is 192 g/mol. The third-order valence-corrected chi connectivity index (χ3v) is 2.05. The molecule has 1 unspecified atom stereocenters. The number of carbonyl (C=O) groups is 1. The van der Waals surface area contributed by atoms with E-state index in [1.165, 1.54) is 4.90 Å². The summed E-state index contributed by atoms with van der Waals surface area (Å²) in [5.41, 5.74) is -0.395. The van der Waals surface area contributed by atoms with Crippen LogP contribution in [0.1, 0.15) is 20.8 Å². The number of urea groups is 1. The van der Waals surface area contributed by atoms with E-state index < -0.39 is 24.0 Å². The molecule has 0 aliphatic carbocycles. The molecule has 1 rings (SSSR count). The van der Waals surface area contributed by atoms with Crippen LogP contribution in [0.2, 0.25) is 0 Å². The van der Waals surface area contributed by atoms with Crippen LogP contribution in [0.25, 0.3) is 0 Å². The summed E-state index contributed by atoms with van der Waals surface area (Å²) in [5, 5.41) is 2.25. The summed E-state index contributed by atoms with van der Waals surface area (Å²) in [6.07, 6.45) is -2.49. The van der Waals surface area contributed by atoms with Crippen molar-refractivity contribution in [3.63, 3.8) is 0 Å². The third-order valence-electron chi connectivity index (χ3n) is 2.05. The van der Waals surface area contributed by atoms with Crippen LogP contribution in [0, 0.1) is 0 Å². The lowest BCUT2D eigenvalue weighted by Gasteiger charge is -2.30. The number of halogens is 2. The molecule has 1 heterocycles. The van der Waals surface area contributed by atoms with E-state index in [9.17, 15) is 13.6 Å². The number of hydrogen-bond acceptors (Lipinski definition) is 1. The second-order valence-corrected chi connectivity index (χ2v) is 4.17. The molecule has 1 N–H and O–H groups in total. The molecule has 0 spiro atoms. The largest absolute Gasteiger partial charge is 0.328 e. The van der Waals surface area contributed by atoms with Gasteiger partial charge in [0.05, 0.1) is 0 Å². The fourth-order valence-corrected chi connectivity index (χ4v) is 1.28. The molecule has 1 atom stereocenters. The van der Waals surface area contributed by atoms with Crippen molar-refractivity contribution < 1.29 is 13.6 Å². The van der Waals surface area contributed by atoms with Gasteiger partial charge in [0.15, 0.2) is 0 Å². The monoisotopic (exact) mass is 192 g/mol. The van der Waals surface area contributed by atoms with Crippen LogP contribution >= 0.6 is 0 Å². The Hall–Kier alpha value is -0.870. The Morgan fingerprint density at radius 1 is 1.54 bits per heavy atom. The molecule has 0 saturated carbocycles. The van der Waals surface area contributed by atoms with Crippen LogP contribution < -0.4 is 5.32 Å². The van der Waals surface area contributed by atoms with E-state index in [-0.39, 0.29) is 6.54 Å².